The van der Waals surface area contributed by atoms with Crippen molar-refractivity contribution in [3.8, 4) is 0 Å². The van der Waals surface area contributed by atoms with Crippen molar-refractivity contribution in [2.45, 2.75) is 6.54 Å². The van der Waals surface area contributed by atoms with Gasteiger partial charge in [-0.3, -0.25) is 0 Å². The first kappa shape index (κ1) is 15.1. The summed E-state index contributed by atoms with van der Waals surface area (Å²) in [6, 6.07) is 13.3. The Morgan fingerprint density at radius 2 is 1.75 bits per heavy atom. The number of hydrogen-bond acceptors (Lipinski definition) is 2. The van der Waals surface area contributed by atoms with E-state index in [1.165, 1.54) is 0 Å². The van der Waals surface area contributed by atoms with Crippen molar-refractivity contribution >= 4 is 46.1 Å². The number of hydrogen-bond donors (Lipinski definition) is 1. The lowest BCUT2D eigenvalue weighted by Gasteiger charge is -2.21. The molecular weight excluding hydrogens is 311 g/mol. The van der Waals surface area contributed by atoms with Crippen LogP contribution < -0.4 is 10.6 Å². The molecule has 2 aromatic rings. The zero-order valence-corrected chi connectivity index (χ0v) is 13.3. The summed E-state index contributed by atoms with van der Waals surface area (Å²) >= 11 is 17.4. The van der Waals surface area contributed by atoms with Gasteiger partial charge in [-0.2, -0.15) is 0 Å². The van der Waals surface area contributed by atoms with Gasteiger partial charge < -0.3 is 10.6 Å². The first-order chi connectivity index (χ1) is 9.49. The molecular formula is C15H14Cl2N2S. The number of benzene rings is 2. The molecule has 0 aromatic heterocycles. The van der Waals surface area contributed by atoms with Crippen molar-refractivity contribution < 1.29 is 0 Å². The fourth-order valence-electron chi connectivity index (χ4n) is 1.91. The summed E-state index contributed by atoms with van der Waals surface area (Å²) in [5, 5.41) is 1.32. The predicted octanol–water partition coefficient (Wildman–Crippen LogP) is 4.26. The number of nitrogens with zero attached hydrogens (tertiary/aromatic N) is 1. The molecule has 2 aromatic carbocycles. The quantitative estimate of drug-likeness (QED) is 0.852. The number of nitrogens with two attached hydrogens (primary N) is 1. The second-order valence-electron chi connectivity index (χ2n) is 4.47. The van der Waals surface area contributed by atoms with E-state index in [-0.39, 0.29) is 0 Å². The van der Waals surface area contributed by atoms with E-state index in [0.29, 0.717) is 21.6 Å². The van der Waals surface area contributed by atoms with Crippen LogP contribution in [0.1, 0.15) is 11.1 Å². The first-order valence-corrected chi connectivity index (χ1v) is 7.19. The molecule has 0 fully saturated rings. The second kappa shape index (κ2) is 6.44. The number of halogens is 2. The second-order valence-corrected chi connectivity index (χ2v) is 5.73. The molecule has 5 heteroatoms. The Balaban J connectivity index is 2.26. The summed E-state index contributed by atoms with van der Waals surface area (Å²) in [7, 11) is 1.97. The monoisotopic (exact) mass is 324 g/mol. The highest BCUT2D eigenvalue weighted by atomic mass is 35.5. The average molecular weight is 325 g/mol. The highest BCUT2D eigenvalue weighted by Crippen LogP contribution is 2.27. The van der Waals surface area contributed by atoms with Crippen molar-refractivity contribution in [1.29, 1.82) is 0 Å². The van der Waals surface area contributed by atoms with Crippen LogP contribution in [0.4, 0.5) is 5.69 Å². The lowest BCUT2D eigenvalue weighted by atomic mass is 10.1. The molecule has 0 bridgehead atoms. The van der Waals surface area contributed by atoms with E-state index in [2.05, 4.69) is 4.90 Å². The van der Waals surface area contributed by atoms with E-state index in [9.17, 15) is 0 Å². The molecule has 0 radical (unpaired) electrons. The van der Waals surface area contributed by atoms with E-state index < -0.39 is 0 Å². The summed E-state index contributed by atoms with van der Waals surface area (Å²) < 4.78 is 0. The predicted molar refractivity (Wildman–Crippen MR) is 90.9 cm³/mol. The minimum atomic E-state index is 0.385. The lowest BCUT2D eigenvalue weighted by molar-refractivity contribution is 0.923. The van der Waals surface area contributed by atoms with Crippen LogP contribution >= 0.6 is 35.4 Å². The standard InChI is InChI=1S/C15H14Cl2N2S/c1-19(9-12-13(16)6-3-7-14(12)17)11-5-2-4-10(8-11)15(18)20/h2-8H,9H2,1H3,(H2,18,20). The first-order valence-electron chi connectivity index (χ1n) is 6.03. The molecule has 0 aliphatic carbocycles. The lowest BCUT2D eigenvalue weighted by Crippen LogP contribution is -2.18. The van der Waals surface area contributed by atoms with Crippen LogP contribution in [0, 0.1) is 0 Å². The third-order valence-electron chi connectivity index (χ3n) is 3.03. The van der Waals surface area contributed by atoms with Gasteiger partial charge in [-0.15, -0.1) is 0 Å². The van der Waals surface area contributed by atoms with E-state index >= 15 is 0 Å². The van der Waals surface area contributed by atoms with Gasteiger partial charge >= 0.3 is 0 Å². The van der Waals surface area contributed by atoms with E-state index in [0.717, 1.165) is 16.8 Å². The van der Waals surface area contributed by atoms with Gasteiger partial charge in [0.1, 0.15) is 4.99 Å². The minimum absolute atomic E-state index is 0.385. The van der Waals surface area contributed by atoms with E-state index in [1.807, 2.05) is 49.5 Å². The van der Waals surface area contributed by atoms with Gasteiger partial charge in [-0.05, 0) is 24.3 Å². The van der Waals surface area contributed by atoms with Gasteiger partial charge in [-0.25, -0.2) is 0 Å². The molecule has 0 saturated heterocycles. The van der Waals surface area contributed by atoms with Crippen molar-refractivity contribution in [3.63, 3.8) is 0 Å². The Hall–Kier alpha value is -1.29. The van der Waals surface area contributed by atoms with E-state index in [4.69, 9.17) is 41.2 Å². The Morgan fingerprint density at radius 3 is 2.35 bits per heavy atom. The van der Waals surface area contributed by atoms with Gasteiger partial charge in [0.15, 0.2) is 0 Å². The maximum absolute atomic E-state index is 6.19. The summed E-state index contributed by atoms with van der Waals surface area (Å²) in [5.41, 5.74) is 8.40. The largest absolute Gasteiger partial charge is 0.389 e. The van der Waals surface area contributed by atoms with Crippen molar-refractivity contribution in [3.05, 3.63) is 63.6 Å². The molecule has 104 valence electrons. The highest BCUT2D eigenvalue weighted by Gasteiger charge is 2.10. The molecule has 2 rings (SSSR count). The van der Waals surface area contributed by atoms with Crippen LogP contribution in [0.25, 0.3) is 0 Å². The Morgan fingerprint density at radius 1 is 1.15 bits per heavy atom. The summed E-state index contributed by atoms with van der Waals surface area (Å²) in [4.78, 5) is 2.44. The summed E-state index contributed by atoms with van der Waals surface area (Å²) in [6.45, 7) is 0.610. The van der Waals surface area contributed by atoms with Crippen LogP contribution in [0.2, 0.25) is 10.0 Å². The van der Waals surface area contributed by atoms with Gasteiger partial charge in [0.25, 0.3) is 0 Å². The third-order valence-corrected chi connectivity index (χ3v) is 3.97. The number of anilines is 1. The van der Waals surface area contributed by atoms with Crippen LogP contribution in [0.15, 0.2) is 42.5 Å². The van der Waals surface area contributed by atoms with Crippen molar-refractivity contribution in [1.82, 2.24) is 0 Å². The van der Waals surface area contributed by atoms with Gasteiger partial charge in [0, 0.05) is 40.5 Å². The van der Waals surface area contributed by atoms with Gasteiger partial charge in [0.2, 0.25) is 0 Å². The molecule has 20 heavy (non-hydrogen) atoms. The van der Waals surface area contributed by atoms with Crippen LogP contribution in [-0.2, 0) is 6.54 Å². The Bertz CT molecular complexity index is 623. The number of rotatable bonds is 4. The molecule has 0 unspecified atom stereocenters. The minimum Gasteiger partial charge on any atom is -0.389 e. The van der Waals surface area contributed by atoms with Crippen LogP contribution in [0.5, 0.6) is 0 Å². The normalized spacial score (nSPS) is 10.3. The third kappa shape index (κ3) is 3.42. The zero-order chi connectivity index (χ0) is 14.7. The highest BCUT2D eigenvalue weighted by molar-refractivity contribution is 7.80. The van der Waals surface area contributed by atoms with Crippen LogP contribution in [-0.4, -0.2) is 12.0 Å². The smallest absolute Gasteiger partial charge is 0.104 e. The van der Waals surface area contributed by atoms with Crippen LogP contribution in [0.3, 0.4) is 0 Å². The molecule has 2 nitrogen and oxygen atoms in total. The van der Waals surface area contributed by atoms with Gasteiger partial charge in [-0.1, -0.05) is 53.6 Å². The molecule has 0 heterocycles. The average Bonchev–Trinajstić information content (AvgIpc) is 2.43. The van der Waals surface area contributed by atoms with Crippen molar-refractivity contribution in [2.24, 2.45) is 5.73 Å². The maximum Gasteiger partial charge on any atom is 0.104 e. The summed E-state index contributed by atoms with van der Waals surface area (Å²) in [6.07, 6.45) is 0. The molecule has 2 N–H and O–H groups in total. The SMILES string of the molecule is CN(Cc1c(Cl)cccc1Cl)c1cccc(C(N)=S)c1. The molecule has 0 amide bonds. The fraction of sp³-hybridized carbons (Fsp3) is 0.133. The summed E-state index contributed by atoms with van der Waals surface area (Å²) in [5.74, 6) is 0. The molecule has 0 aliphatic rings. The fourth-order valence-corrected chi connectivity index (χ4v) is 2.55. The number of thiocarbonyl (C=S) groups is 1. The molecule has 0 spiro atoms. The molecule has 0 saturated carbocycles. The molecule has 0 aliphatic heterocycles. The Labute approximate surface area is 134 Å². The topological polar surface area (TPSA) is 29.3 Å². The van der Waals surface area contributed by atoms with E-state index in [1.54, 1.807) is 0 Å². The maximum atomic E-state index is 6.19. The zero-order valence-electron chi connectivity index (χ0n) is 10.9. The Kier molecular flexibility index (Phi) is 4.86. The van der Waals surface area contributed by atoms with Gasteiger partial charge in [0.05, 0.1) is 0 Å². The molecule has 0 atom stereocenters. The van der Waals surface area contributed by atoms with Crippen molar-refractivity contribution in [2.75, 3.05) is 11.9 Å².